The van der Waals surface area contributed by atoms with E-state index in [1.54, 1.807) is 0 Å². The van der Waals surface area contributed by atoms with Crippen LogP contribution in [0.15, 0.2) is 11.6 Å². The van der Waals surface area contributed by atoms with Crippen molar-refractivity contribution in [2.45, 2.75) is 24.7 Å². The van der Waals surface area contributed by atoms with Gasteiger partial charge in [-0.05, 0) is 0 Å². The summed E-state index contributed by atoms with van der Waals surface area (Å²) in [6.07, 6.45) is -4.57. The predicted molar refractivity (Wildman–Crippen MR) is 56.4 cm³/mol. The van der Waals surface area contributed by atoms with Gasteiger partial charge in [-0.25, -0.2) is 0 Å². The topological polar surface area (TPSA) is 138 Å². The van der Waals surface area contributed by atoms with Crippen molar-refractivity contribution >= 4 is 5.91 Å². The zero-order chi connectivity index (χ0) is 13.4. The summed E-state index contributed by atoms with van der Waals surface area (Å²) in [5, 5.41) is 31.7. The van der Waals surface area contributed by atoms with Gasteiger partial charge in [0.05, 0.1) is 6.67 Å². The lowest BCUT2D eigenvalue weighted by molar-refractivity contribution is -0.173. The molecule has 0 aliphatic carbocycles. The maximum Gasteiger partial charge on any atom is 0.270 e. The largest absolute Gasteiger partial charge is 0.493 e. The lowest BCUT2D eigenvalue weighted by Crippen LogP contribution is -2.43. The van der Waals surface area contributed by atoms with Crippen molar-refractivity contribution < 1.29 is 29.6 Å². The summed E-state index contributed by atoms with van der Waals surface area (Å²) in [5.74, 6) is -1.26. The van der Waals surface area contributed by atoms with Gasteiger partial charge in [0.25, 0.3) is 5.91 Å². The minimum Gasteiger partial charge on any atom is -0.493 e. The molecule has 9 heteroatoms. The molecule has 4 atom stereocenters. The monoisotopic (exact) mass is 261 g/mol. The molecule has 1 fully saturated rings. The molecule has 0 unspecified atom stereocenters. The average Bonchev–Trinajstić information content (AvgIpc) is 2.82. The van der Waals surface area contributed by atoms with Gasteiger partial charge in [0.15, 0.2) is 18.2 Å². The van der Waals surface area contributed by atoms with Gasteiger partial charge in [-0.2, -0.15) is 0 Å². The maximum atomic E-state index is 11.0. The number of nitrogens with zero attached hydrogens (tertiary/aromatic N) is 1. The highest BCUT2D eigenvalue weighted by Crippen LogP contribution is 2.28. The third-order valence-corrected chi connectivity index (χ3v) is 2.90. The first-order valence-corrected chi connectivity index (χ1v) is 5.25. The molecule has 18 heavy (non-hydrogen) atoms. The second kappa shape index (κ2) is 4.61. The number of hydrogen-bond donors (Lipinski definition) is 5. The normalized spacial score (nSPS) is 36.1. The molecule has 2 heterocycles. The van der Waals surface area contributed by atoms with Crippen LogP contribution in [-0.2, 0) is 14.3 Å². The SMILES string of the molecule is CO[C@H]1O[C@@H](N2CNC(C(N)=O)=C2O)[C@H](O)[C@@H]1O. The average molecular weight is 261 g/mol. The van der Waals surface area contributed by atoms with E-state index in [4.69, 9.17) is 15.2 Å². The summed E-state index contributed by atoms with van der Waals surface area (Å²) in [5.41, 5.74) is 4.88. The Morgan fingerprint density at radius 2 is 2.22 bits per heavy atom. The molecule has 0 aromatic rings. The molecule has 6 N–H and O–H groups in total. The van der Waals surface area contributed by atoms with E-state index in [0.29, 0.717) is 0 Å². The van der Waals surface area contributed by atoms with Crippen molar-refractivity contribution in [3.63, 3.8) is 0 Å². The van der Waals surface area contributed by atoms with Crippen molar-refractivity contribution in [2.75, 3.05) is 13.8 Å². The number of rotatable bonds is 3. The first kappa shape index (κ1) is 12.9. The molecule has 0 spiro atoms. The van der Waals surface area contributed by atoms with E-state index in [9.17, 15) is 20.1 Å². The third kappa shape index (κ3) is 1.86. The van der Waals surface area contributed by atoms with E-state index in [0.717, 1.165) is 0 Å². The molecule has 0 bridgehead atoms. The molecule has 0 aromatic carbocycles. The first-order chi connectivity index (χ1) is 8.47. The second-order valence-electron chi connectivity index (χ2n) is 3.98. The van der Waals surface area contributed by atoms with E-state index >= 15 is 0 Å². The quantitative estimate of drug-likeness (QED) is 0.365. The second-order valence-corrected chi connectivity index (χ2v) is 3.98. The van der Waals surface area contributed by atoms with Crippen LogP contribution in [0.3, 0.4) is 0 Å². The van der Waals surface area contributed by atoms with Crippen LogP contribution in [-0.4, -0.2) is 64.6 Å². The minimum atomic E-state index is -1.29. The molecule has 0 radical (unpaired) electrons. The number of carbonyl (C=O) groups is 1. The van der Waals surface area contributed by atoms with E-state index in [1.165, 1.54) is 12.0 Å². The molecular weight excluding hydrogens is 246 g/mol. The summed E-state index contributed by atoms with van der Waals surface area (Å²) in [4.78, 5) is 12.2. The van der Waals surface area contributed by atoms with Crippen LogP contribution < -0.4 is 11.1 Å². The Kier molecular flexibility index (Phi) is 3.30. The fourth-order valence-corrected chi connectivity index (χ4v) is 1.95. The molecule has 102 valence electrons. The molecule has 1 amide bonds. The summed E-state index contributed by atoms with van der Waals surface area (Å²) in [6, 6.07) is 0. The number of aliphatic hydroxyl groups is 3. The van der Waals surface area contributed by atoms with Crippen LogP contribution in [0.1, 0.15) is 0 Å². The van der Waals surface area contributed by atoms with Crippen LogP contribution in [0, 0.1) is 0 Å². The minimum absolute atomic E-state index is 0.0228. The smallest absolute Gasteiger partial charge is 0.270 e. The Morgan fingerprint density at radius 1 is 1.56 bits per heavy atom. The van der Waals surface area contributed by atoms with E-state index < -0.39 is 36.5 Å². The number of carbonyl (C=O) groups excluding carboxylic acids is 1. The van der Waals surface area contributed by atoms with Crippen molar-refractivity contribution in [3.05, 3.63) is 11.6 Å². The fraction of sp³-hybridized carbons (Fsp3) is 0.667. The lowest BCUT2D eigenvalue weighted by Gasteiger charge is -2.26. The molecule has 2 aliphatic heterocycles. The highest BCUT2D eigenvalue weighted by Gasteiger charge is 2.48. The van der Waals surface area contributed by atoms with Gasteiger partial charge >= 0.3 is 0 Å². The summed E-state index contributed by atoms with van der Waals surface area (Å²) in [7, 11) is 1.32. The predicted octanol–water partition coefficient (Wildman–Crippen LogP) is -2.89. The lowest BCUT2D eigenvalue weighted by atomic mass is 10.2. The number of nitrogens with one attached hydrogen (secondary N) is 1. The highest BCUT2D eigenvalue weighted by atomic mass is 16.7. The Morgan fingerprint density at radius 3 is 2.67 bits per heavy atom. The number of nitrogens with two attached hydrogens (primary N) is 1. The molecule has 1 saturated heterocycles. The van der Waals surface area contributed by atoms with Crippen LogP contribution in [0.5, 0.6) is 0 Å². The molecule has 0 saturated carbocycles. The van der Waals surface area contributed by atoms with Crippen LogP contribution in [0.25, 0.3) is 0 Å². The van der Waals surface area contributed by atoms with Crippen molar-refractivity contribution in [2.24, 2.45) is 5.73 Å². The third-order valence-electron chi connectivity index (χ3n) is 2.90. The summed E-state index contributed by atoms with van der Waals surface area (Å²) < 4.78 is 10.1. The van der Waals surface area contributed by atoms with Gasteiger partial charge in [-0.15, -0.1) is 0 Å². The van der Waals surface area contributed by atoms with Crippen molar-refractivity contribution in [1.29, 1.82) is 0 Å². The number of hydrogen-bond acceptors (Lipinski definition) is 8. The van der Waals surface area contributed by atoms with Gasteiger partial charge in [0, 0.05) is 7.11 Å². The van der Waals surface area contributed by atoms with Gasteiger partial charge in [0.1, 0.15) is 12.2 Å². The standard InChI is InChI=1S/C9H15N3O6/c1-17-9-5(14)4(13)8(18-9)12-2-11-3(6(10)15)7(12)16/h4-5,8-9,11,13-14,16H,2H2,1H3,(H2,10,15)/t4-,5+,8-,9+/m1/s1. The van der Waals surface area contributed by atoms with Gasteiger partial charge < -0.3 is 35.8 Å². The molecule has 9 nitrogen and oxygen atoms in total. The Labute approximate surface area is 102 Å². The van der Waals surface area contributed by atoms with Crippen LogP contribution in [0.4, 0.5) is 0 Å². The zero-order valence-corrected chi connectivity index (χ0v) is 9.61. The number of primary amides is 1. The maximum absolute atomic E-state index is 11.0. The first-order valence-electron chi connectivity index (χ1n) is 5.25. The van der Waals surface area contributed by atoms with Gasteiger partial charge in [-0.1, -0.05) is 0 Å². The van der Waals surface area contributed by atoms with Gasteiger partial charge in [0.2, 0.25) is 5.88 Å². The summed E-state index contributed by atoms with van der Waals surface area (Å²) in [6.45, 7) is 0.0228. The Balaban J connectivity index is 2.17. The molecule has 2 rings (SSSR count). The van der Waals surface area contributed by atoms with E-state index in [-0.39, 0.29) is 12.4 Å². The number of amides is 1. The number of ether oxygens (including phenoxy) is 2. The van der Waals surface area contributed by atoms with Crippen molar-refractivity contribution in [1.82, 2.24) is 10.2 Å². The van der Waals surface area contributed by atoms with Crippen LogP contribution >= 0.6 is 0 Å². The zero-order valence-electron chi connectivity index (χ0n) is 9.61. The molecular formula is C9H15N3O6. The van der Waals surface area contributed by atoms with E-state index in [2.05, 4.69) is 5.32 Å². The number of aliphatic hydroxyl groups excluding tert-OH is 3. The molecule has 0 aromatic heterocycles. The van der Waals surface area contributed by atoms with Gasteiger partial charge in [-0.3, -0.25) is 9.69 Å². The highest BCUT2D eigenvalue weighted by molar-refractivity contribution is 5.92. The van der Waals surface area contributed by atoms with E-state index in [1.807, 2.05) is 0 Å². The Bertz CT molecular complexity index is 386. The summed E-state index contributed by atoms with van der Waals surface area (Å²) >= 11 is 0. The van der Waals surface area contributed by atoms with Crippen molar-refractivity contribution in [3.8, 4) is 0 Å². The number of methoxy groups -OCH3 is 1. The molecule has 2 aliphatic rings. The Hall–Kier alpha value is -1.55. The fourth-order valence-electron chi connectivity index (χ4n) is 1.95. The van der Waals surface area contributed by atoms with Crippen LogP contribution in [0.2, 0.25) is 0 Å².